The number of ether oxygens (including phenoxy) is 1. The van der Waals surface area contributed by atoms with E-state index in [1.807, 2.05) is 6.92 Å². The Bertz CT molecular complexity index is 409. The van der Waals surface area contributed by atoms with Crippen LogP contribution in [0.4, 0.5) is 0 Å². The normalized spacial score (nSPS) is 10.2. The molecule has 0 bridgehead atoms. The van der Waals surface area contributed by atoms with Gasteiger partial charge >= 0.3 is 0 Å². The summed E-state index contributed by atoms with van der Waals surface area (Å²) in [6.07, 6.45) is 0.584. The van der Waals surface area contributed by atoms with Crippen LogP contribution < -0.4 is 4.74 Å². The Morgan fingerprint density at radius 1 is 1.50 bits per heavy atom. The van der Waals surface area contributed by atoms with E-state index in [-0.39, 0.29) is 12.5 Å². The molecule has 0 heterocycles. The van der Waals surface area contributed by atoms with E-state index in [4.69, 9.17) is 9.84 Å². The van der Waals surface area contributed by atoms with Crippen molar-refractivity contribution in [2.24, 2.45) is 0 Å². The third-order valence-electron chi connectivity index (χ3n) is 2.66. The summed E-state index contributed by atoms with van der Waals surface area (Å²) in [5, 5.41) is 8.83. The number of nitrogens with zero attached hydrogens (tertiary/aromatic N) is 1. The smallest absolute Gasteiger partial charge is 0.255 e. The molecule has 0 fully saturated rings. The highest BCUT2D eigenvalue weighted by Crippen LogP contribution is 2.23. The van der Waals surface area contributed by atoms with E-state index >= 15 is 0 Å². The lowest BCUT2D eigenvalue weighted by Crippen LogP contribution is -2.32. The summed E-state index contributed by atoms with van der Waals surface area (Å²) in [4.78, 5) is 14.0. The summed E-state index contributed by atoms with van der Waals surface area (Å²) in [6, 6.07) is 5.31. The molecule has 100 valence electrons. The fraction of sp³-hybridized carbons (Fsp3) is 0.462. The number of carbonyl (C=O) groups is 1. The molecular weight excluding hydrogens is 298 g/mol. The van der Waals surface area contributed by atoms with Crippen LogP contribution in [-0.2, 0) is 0 Å². The van der Waals surface area contributed by atoms with Crippen molar-refractivity contribution in [3.63, 3.8) is 0 Å². The van der Waals surface area contributed by atoms with Gasteiger partial charge in [0, 0.05) is 24.2 Å². The molecule has 5 heteroatoms. The number of benzene rings is 1. The minimum absolute atomic E-state index is 0.0586. The maximum Gasteiger partial charge on any atom is 0.255 e. The van der Waals surface area contributed by atoms with E-state index in [0.29, 0.717) is 30.8 Å². The van der Waals surface area contributed by atoms with Crippen LogP contribution in [0.3, 0.4) is 0 Å². The Balaban J connectivity index is 2.93. The number of aliphatic hydroxyl groups excluding tert-OH is 1. The van der Waals surface area contributed by atoms with Crippen molar-refractivity contribution in [2.45, 2.75) is 13.3 Å². The topological polar surface area (TPSA) is 49.8 Å². The van der Waals surface area contributed by atoms with Crippen molar-refractivity contribution in [3.8, 4) is 5.75 Å². The minimum Gasteiger partial charge on any atom is -0.497 e. The Morgan fingerprint density at radius 3 is 2.78 bits per heavy atom. The molecule has 0 aliphatic heterocycles. The highest BCUT2D eigenvalue weighted by molar-refractivity contribution is 9.10. The average Bonchev–Trinajstić information content (AvgIpc) is 2.40. The van der Waals surface area contributed by atoms with Gasteiger partial charge in [-0.2, -0.15) is 0 Å². The number of hydrogen-bond acceptors (Lipinski definition) is 3. The molecule has 0 saturated heterocycles. The third-order valence-corrected chi connectivity index (χ3v) is 3.35. The van der Waals surface area contributed by atoms with Crippen LogP contribution in [0.25, 0.3) is 0 Å². The summed E-state index contributed by atoms with van der Waals surface area (Å²) in [5.74, 6) is 0.594. The number of carbonyl (C=O) groups excluding carboxylic acids is 1. The summed E-state index contributed by atoms with van der Waals surface area (Å²) >= 11 is 3.37. The predicted octanol–water partition coefficient (Wildman–Crippen LogP) is 2.30. The zero-order valence-electron chi connectivity index (χ0n) is 10.6. The van der Waals surface area contributed by atoms with Crippen molar-refractivity contribution < 1.29 is 14.6 Å². The monoisotopic (exact) mass is 315 g/mol. The highest BCUT2D eigenvalue weighted by atomic mass is 79.9. The Morgan fingerprint density at radius 2 is 2.22 bits per heavy atom. The van der Waals surface area contributed by atoms with E-state index in [1.165, 1.54) is 0 Å². The standard InChI is InChI=1S/C13H18BrNO3/c1-3-15(7-4-8-16)13(17)11-9-10(18-2)5-6-12(11)14/h5-6,9,16H,3-4,7-8H2,1-2H3. The second-order valence-electron chi connectivity index (χ2n) is 3.81. The van der Waals surface area contributed by atoms with Crippen LogP contribution in [-0.4, -0.2) is 42.7 Å². The molecule has 0 atom stereocenters. The molecule has 1 amide bonds. The molecule has 1 rings (SSSR count). The molecular formula is C13H18BrNO3. The Hall–Kier alpha value is -1.07. The molecule has 0 aromatic heterocycles. The van der Waals surface area contributed by atoms with Gasteiger partial charge in [-0.3, -0.25) is 4.79 Å². The van der Waals surface area contributed by atoms with E-state index < -0.39 is 0 Å². The molecule has 1 aromatic carbocycles. The summed E-state index contributed by atoms with van der Waals surface area (Å²) in [7, 11) is 1.57. The minimum atomic E-state index is -0.0586. The zero-order valence-corrected chi connectivity index (χ0v) is 12.2. The number of aliphatic hydroxyl groups is 1. The number of methoxy groups -OCH3 is 1. The average molecular weight is 316 g/mol. The second-order valence-corrected chi connectivity index (χ2v) is 4.66. The fourth-order valence-electron chi connectivity index (χ4n) is 1.63. The van der Waals surface area contributed by atoms with Crippen LogP contribution in [0.5, 0.6) is 5.75 Å². The van der Waals surface area contributed by atoms with Gasteiger partial charge in [-0.15, -0.1) is 0 Å². The number of rotatable bonds is 6. The molecule has 18 heavy (non-hydrogen) atoms. The summed E-state index contributed by atoms with van der Waals surface area (Å²) < 4.78 is 5.87. The quantitative estimate of drug-likeness (QED) is 0.876. The first-order chi connectivity index (χ1) is 8.63. The van der Waals surface area contributed by atoms with E-state index in [1.54, 1.807) is 30.2 Å². The summed E-state index contributed by atoms with van der Waals surface area (Å²) in [5.41, 5.74) is 0.578. The van der Waals surface area contributed by atoms with Crippen LogP contribution in [0.1, 0.15) is 23.7 Å². The predicted molar refractivity (Wildman–Crippen MR) is 74.0 cm³/mol. The first-order valence-corrected chi connectivity index (χ1v) is 6.67. The highest BCUT2D eigenvalue weighted by Gasteiger charge is 2.17. The molecule has 4 nitrogen and oxygen atoms in total. The van der Waals surface area contributed by atoms with Gasteiger partial charge in [0.1, 0.15) is 5.75 Å². The molecule has 1 aromatic rings. The molecule has 0 spiro atoms. The van der Waals surface area contributed by atoms with Gasteiger partial charge in [0.05, 0.1) is 12.7 Å². The van der Waals surface area contributed by atoms with Crippen LogP contribution >= 0.6 is 15.9 Å². The van der Waals surface area contributed by atoms with Crippen molar-refractivity contribution >= 4 is 21.8 Å². The van der Waals surface area contributed by atoms with Crippen LogP contribution in [0.15, 0.2) is 22.7 Å². The SMILES string of the molecule is CCN(CCCO)C(=O)c1cc(OC)ccc1Br. The van der Waals surface area contributed by atoms with E-state index in [0.717, 1.165) is 4.47 Å². The van der Waals surface area contributed by atoms with Gasteiger partial charge in [-0.05, 0) is 47.5 Å². The maximum absolute atomic E-state index is 12.3. The largest absolute Gasteiger partial charge is 0.497 e. The molecule has 0 radical (unpaired) electrons. The van der Waals surface area contributed by atoms with Gasteiger partial charge in [0.15, 0.2) is 0 Å². The second kappa shape index (κ2) is 7.38. The van der Waals surface area contributed by atoms with Crippen molar-refractivity contribution in [3.05, 3.63) is 28.2 Å². The maximum atomic E-state index is 12.3. The van der Waals surface area contributed by atoms with E-state index in [2.05, 4.69) is 15.9 Å². The Labute approximate surface area is 116 Å². The lowest BCUT2D eigenvalue weighted by Gasteiger charge is -2.21. The van der Waals surface area contributed by atoms with Gasteiger partial charge in [-0.1, -0.05) is 0 Å². The fourth-order valence-corrected chi connectivity index (χ4v) is 2.05. The van der Waals surface area contributed by atoms with Crippen molar-refractivity contribution in [1.82, 2.24) is 4.90 Å². The first kappa shape index (κ1) is 15.0. The molecule has 0 saturated carbocycles. The lowest BCUT2D eigenvalue weighted by atomic mass is 10.2. The lowest BCUT2D eigenvalue weighted by molar-refractivity contribution is 0.0753. The molecule has 1 N–H and O–H groups in total. The zero-order chi connectivity index (χ0) is 13.5. The number of amides is 1. The van der Waals surface area contributed by atoms with Crippen LogP contribution in [0, 0.1) is 0 Å². The van der Waals surface area contributed by atoms with Crippen molar-refractivity contribution in [1.29, 1.82) is 0 Å². The number of hydrogen-bond donors (Lipinski definition) is 1. The Kier molecular flexibility index (Phi) is 6.15. The van der Waals surface area contributed by atoms with Crippen LogP contribution in [0.2, 0.25) is 0 Å². The first-order valence-electron chi connectivity index (χ1n) is 5.87. The van der Waals surface area contributed by atoms with Gasteiger partial charge < -0.3 is 14.7 Å². The molecule has 0 aliphatic carbocycles. The molecule has 0 unspecified atom stereocenters. The molecule has 0 aliphatic rings. The van der Waals surface area contributed by atoms with E-state index in [9.17, 15) is 4.79 Å². The summed E-state index contributed by atoms with van der Waals surface area (Å²) in [6.45, 7) is 3.17. The van der Waals surface area contributed by atoms with Gasteiger partial charge in [0.2, 0.25) is 0 Å². The van der Waals surface area contributed by atoms with Gasteiger partial charge in [-0.25, -0.2) is 0 Å². The number of halogens is 1. The third kappa shape index (κ3) is 3.71. The van der Waals surface area contributed by atoms with Crippen molar-refractivity contribution in [2.75, 3.05) is 26.8 Å². The van der Waals surface area contributed by atoms with Gasteiger partial charge in [0.25, 0.3) is 5.91 Å².